The second kappa shape index (κ2) is 15.8. The Morgan fingerprint density at radius 2 is 1.64 bits per heavy atom. The van der Waals surface area contributed by atoms with E-state index in [1.165, 1.54) is 4.57 Å². The summed E-state index contributed by atoms with van der Waals surface area (Å²) in [7, 11) is -4.04. The van der Waals surface area contributed by atoms with Gasteiger partial charge in [-0.25, -0.2) is 4.98 Å². The smallest absolute Gasteiger partial charge is 0.259 e. The van der Waals surface area contributed by atoms with Crippen molar-refractivity contribution in [3.8, 4) is 22.6 Å². The number of allylic oxidation sites excluding steroid dienone is 1. The number of benzene rings is 2. The lowest BCUT2D eigenvalue weighted by atomic mass is 9.71. The van der Waals surface area contributed by atoms with E-state index in [-0.39, 0.29) is 40.8 Å². The van der Waals surface area contributed by atoms with Crippen LogP contribution < -0.4 is 30.1 Å². The summed E-state index contributed by atoms with van der Waals surface area (Å²) in [4.78, 5) is 55.0. The van der Waals surface area contributed by atoms with Crippen molar-refractivity contribution >= 4 is 34.1 Å². The molecule has 0 radical (unpaired) electrons. The molecule has 6 aliphatic rings. The van der Waals surface area contributed by atoms with Crippen LogP contribution >= 0.6 is 0 Å². The third-order valence-corrected chi connectivity index (χ3v) is 14.5. The van der Waals surface area contributed by atoms with Crippen molar-refractivity contribution in [2.45, 2.75) is 64.1 Å². The number of carbonyl (C=O) groups excluding carboxylic acids is 2. The van der Waals surface area contributed by atoms with E-state index in [1.54, 1.807) is 36.5 Å². The van der Waals surface area contributed by atoms with Gasteiger partial charge in [0.1, 0.15) is 23.4 Å². The van der Waals surface area contributed by atoms with Gasteiger partial charge in [-0.05, 0) is 119 Å². The number of aryl methyl sites for hydroxylation is 1. The van der Waals surface area contributed by atoms with Crippen molar-refractivity contribution in [2.24, 2.45) is 18.4 Å². The predicted octanol–water partition coefficient (Wildman–Crippen LogP) is 5.39. The lowest BCUT2D eigenvalue weighted by Crippen LogP contribution is -2.60. The van der Waals surface area contributed by atoms with Gasteiger partial charge in [0.25, 0.3) is 11.5 Å². The van der Waals surface area contributed by atoms with Gasteiger partial charge >= 0.3 is 0 Å². The van der Waals surface area contributed by atoms with Gasteiger partial charge < -0.3 is 39.0 Å². The van der Waals surface area contributed by atoms with Crippen LogP contribution in [-0.4, -0.2) is 115 Å². The van der Waals surface area contributed by atoms with Crippen LogP contribution in [-0.2, 0) is 24.9 Å². The fourth-order valence-electron chi connectivity index (χ4n) is 10.6. The standard InChI is InChI=1S/C48H58N8O5/c1-31-6-9-41(45(57)50-31)56-26-33-7-8-35(22-36(33)47(56)59)55-29-48(30-55)12-18-53(19-13-48)25-32-10-16-52(17-11-32)28-40-42(60-3)20-34(21-43(40)61-4)39-27-51(2)46(58)38-24-49-44(23-37(38)39)54-14-5-15-54/h7-8,20-24,27,32,41H,1,5-6,9-19,25-26,28-30H2,2-4H3,(H,50,57)/i3D3,4D3. The molecule has 0 saturated carbocycles. The van der Waals surface area contributed by atoms with Crippen LogP contribution in [0.3, 0.4) is 0 Å². The van der Waals surface area contributed by atoms with Crippen LogP contribution in [0.15, 0.2) is 65.9 Å². The first-order chi connectivity index (χ1) is 31.9. The van der Waals surface area contributed by atoms with E-state index in [1.807, 2.05) is 18.2 Å². The SMILES string of the molecule is [2H]C([2H])([2H])Oc1cc(-c2cn(C)c(=O)c3cnc(N4CCC4)cc23)cc(OC([2H])([2H])[2H])c1CN1CCC(CN2CCC3(CC2)CN(c2ccc4c(c2)C(=O)N(C2CCC(=C)NC2=O)C4)C3)CC1. The van der Waals surface area contributed by atoms with E-state index in [0.29, 0.717) is 64.0 Å². The van der Waals surface area contributed by atoms with Crippen LogP contribution in [0.4, 0.5) is 11.5 Å². The number of rotatable bonds is 10. The first kappa shape index (κ1) is 33.3. The number of fused-ring (bicyclic) bond motifs is 2. The molecule has 1 atom stereocenters. The highest BCUT2D eigenvalue weighted by atomic mass is 16.5. The first-order valence-corrected chi connectivity index (χ1v) is 21.8. The highest BCUT2D eigenvalue weighted by Crippen LogP contribution is 2.44. The highest BCUT2D eigenvalue weighted by Gasteiger charge is 2.46. The number of likely N-dealkylation sites (tertiary alicyclic amines) is 2. The molecule has 4 aromatic rings. The van der Waals surface area contributed by atoms with Crippen molar-refractivity contribution in [1.82, 2.24) is 29.6 Å². The van der Waals surface area contributed by atoms with Gasteiger partial charge in [-0.1, -0.05) is 12.6 Å². The third-order valence-electron chi connectivity index (χ3n) is 14.5. The quantitative estimate of drug-likeness (QED) is 0.223. The van der Waals surface area contributed by atoms with Crippen LogP contribution in [0, 0.1) is 11.3 Å². The molecule has 320 valence electrons. The summed E-state index contributed by atoms with van der Waals surface area (Å²) in [6.45, 7) is 12.7. The molecule has 5 fully saturated rings. The maximum absolute atomic E-state index is 13.5. The van der Waals surface area contributed by atoms with Crippen molar-refractivity contribution in [1.29, 1.82) is 0 Å². The number of hydrogen-bond donors (Lipinski definition) is 1. The largest absolute Gasteiger partial charge is 0.496 e. The van der Waals surface area contributed by atoms with Gasteiger partial charge in [-0.3, -0.25) is 19.3 Å². The molecular weight excluding hydrogens is 769 g/mol. The average Bonchev–Trinajstić information content (AvgIpc) is 3.56. The molecule has 61 heavy (non-hydrogen) atoms. The van der Waals surface area contributed by atoms with Gasteiger partial charge in [-0.15, -0.1) is 0 Å². The topological polar surface area (TPSA) is 116 Å². The number of ether oxygens (including phenoxy) is 2. The zero-order chi connectivity index (χ0) is 47.0. The van der Waals surface area contributed by atoms with E-state index in [0.717, 1.165) is 108 Å². The number of methoxy groups -OCH3 is 2. The summed E-state index contributed by atoms with van der Waals surface area (Å²) in [6.07, 6.45) is 9.63. The number of nitrogens with zero attached hydrogens (tertiary/aromatic N) is 7. The first-order valence-electron chi connectivity index (χ1n) is 24.8. The summed E-state index contributed by atoms with van der Waals surface area (Å²) in [5, 5.41) is 3.80. The van der Waals surface area contributed by atoms with E-state index in [9.17, 15) is 14.4 Å². The minimum Gasteiger partial charge on any atom is -0.496 e. The molecule has 13 nitrogen and oxygen atoms in total. The Morgan fingerprint density at radius 1 is 0.885 bits per heavy atom. The van der Waals surface area contributed by atoms with Gasteiger partial charge in [0.05, 0.1) is 33.3 Å². The number of nitrogens with one attached hydrogen (secondary N) is 1. The molecule has 2 aromatic carbocycles. The predicted molar refractivity (Wildman–Crippen MR) is 237 cm³/mol. The summed E-state index contributed by atoms with van der Waals surface area (Å²) in [5.74, 6) is 0.985. The van der Waals surface area contributed by atoms with Crippen molar-refractivity contribution in [3.63, 3.8) is 0 Å². The number of pyridine rings is 2. The molecule has 5 saturated heterocycles. The lowest BCUT2D eigenvalue weighted by molar-refractivity contribution is -0.126. The van der Waals surface area contributed by atoms with Gasteiger partial charge in [0.15, 0.2) is 0 Å². The number of amides is 2. The van der Waals surface area contributed by atoms with Crippen LogP contribution in [0.1, 0.15) is 74.7 Å². The summed E-state index contributed by atoms with van der Waals surface area (Å²) in [6, 6.07) is 10.8. The minimum atomic E-state index is -2.83. The van der Waals surface area contributed by atoms with Gasteiger partial charge in [0, 0.05) is 98.6 Å². The number of carbonyl (C=O) groups is 2. The van der Waals surface area contributed by atoms with Crippen molar-refractivity contribution in [3.05, 3.63) is 88.1 Å². The Bertz CT molecular complexity index is 2640. The molecule has 2 aromatic heterocycles. The molecule has 1 N–H and O–H groups in total. The normalized spacial score (nSPS) is 23.9. The maximum Gasteiger partial charge on any atom is 0.259 e. The number of piperidine rings is 3. The Kier molecular flexibility index (Phi) is 8.62. The molecule has 2 amide bonds. The van der Waals surface area contributed by atoms with E-state index >= 15 is 0 Å². The summed E-state index contributed by atoms with van der Waals surface area (Å²) >= 11 is 0. The molecule has 1 unspecified atom stereocenters. The number of hydrogen-bond acceptors (Lipinski definition) is 10. The second-order valence-electron chi connectivity index (χ2n) is 18.3. The van der Waals surface area contributed by atoms with Crippen LogP contribution in [0.5, 0.6) is 11.5 Å². The van der Waals surface area contributed by atoms with Crippen LogP contribution in [0.2, 0.25) is 0 Å². The average molecular weight is 833 g/mol. The molecular formula is C48H58N8O5. The summed E-state index contributed by atoms with van der Waals surface area (Å²) < 4.78 is 61.2. The monoisotopic (exact) mass is 832 g/mol. The van der Waals surface area contributed by atoms with Crippen LogP contribution in [0.25, 0.3) is 21.9 Å². The molecule has 0 bridgehead atoms. The van der Waals surface area contributed by atoms with E-state index < -0.39 is 20.1 Å². The number of aromatic nitrogens is 2. The zero-order valence-corrected chi connectivity index (χ0v) is 34.9. The molecule has 0 aliphatic carbocycles. The van der Waals surface area contributed by atoms with Crippen molar-refractivity contribution in [2.75, 3.05) is 82.8 Å². The minimum absolute atomic E-state index is 0.00305. The number of anilines is 2. The Balaban J connectivity index is 0.777. The Morgan fingerprint density at radius 3 is 2.33 bits per heavy atom. The Hall–Kier alpha value is -5.40. The van der Waals surface area contributed by atoms with E-state index in [2.05, 4.69) is 42.5 Å². The zero-order valence-electron chi connectivity index (χ0n) is 40.9. The lowest BCUT2D eigenvalue weighted by Gasteiger charge is -2.55. The second-order valence-corrected chi connectivity index (χ2v) is 18.3. The molecule has 8 heterocycles. The fraction of sp³-hybridized carbons (Fsp3) is 0.500. The molecule has 1 spiro atoms. The van der Waals surface area contributed by atoms with Crippen molar-refractivity contribution < 1.29 is 27.3 Å². The highest BCUT2D eigenvalue weighted by molar-refractivity contribution is 6.02. The third kappa shape index (κ3) is 7.33. The van der Waals surface area contributed by atoms with Gasteiger partial charge in [0.2, 0.25) is 5.91 Å². The maximum atomic E-state index is 13.5. The van der Waals surface area contributed by atoms with Gasteiger partial charge in [-0.2, -0.15) is 0 Å². The Labute approximate surface area is 366 Å². The fourth-order valence-corrected chi connectivity index (χ4v) is 10.6. The molecule has 10 rings (SSSR count). The van der Waals surface area contributed by atoms with E-state index in [4.69, 9.17) is 17.7 Å². The molecule has 13 heteroatoms. The molecule has 6 aliphatic heterocycles. The summed E-state index contributed by atoms with van der Waals surface area (Å²) in [5.41, 5.74) is 4.83.